The second-order valence-electron chi connectivity index (χ2n) is 7.07. The molecule has 3 N–H and O–H groups in total. The number of amides is 2. The zero-order valence-corrected chi connectivity index (χ0v) is 17.0. The Hall–Kier alpha value is -3.28. The van der Waals surface area contributed by atoms with E-state index >= 15 is 0 Å². The monoisotopic (exact) mass is 393 g/mol. The summed E-state index contributed by atoms with van der Waals surface area (Å²) in [7, 11) is 0. The zero-order valence-electron chi connectivity index (χ0n) is 17.0. The van der Waals surface area contributed by atoms with Crippen molar-refractivity contribution in [1.82, 2.24) is 15.6 Å². The molecule has 0 radical (unpaired) electrons. The third-order valence-electron chi connectivity index (χ3n) is 4.80. The van der Waals surface area contributed by atoms with Gasteiger partial charge in [0, 0.05) is 37.0 Å². The third-order valence-corrected chi connectivity index (χ3v) is 4.80. The molecule has 1 aromatic heterocycles. The van der Waals surface area contributed by atoms with Crippen LogP contribution in [0.25, 0.3) is 10.9 Å². The number of para-hydroxylation sites is 1. The number of hydrogen-bond donors (Lipinski definition) is 3. The Morgan fingerprint density at radius 1 is 1.17 bits per heavy atom. The average Bonchev–Trinajstić information content (AvgIpc) is 3.10. The van der Waals surface area contributed by atoms with Crippen molar-refractivity contribution in [3.8, 4) is 5.75 Å². The zero-order chi connectivity index (χ0) is 20.8. The maximum Gasteiger partial charge on any atom is 0.243 e. The molecule has 0 aliphatic heterocycles. The topological polar surface area (TPSA) is 83.2 Å². The molecule has 2 aromatic carbocycles. The Kier molecular flexibility index (Phi) is 6.54. The van der Waals surface area contributed by atoms with Crippen molar-refractivity contribution in [3.05, 3.63) is 65.4 Å². The molecule has 1 atom stereocenters. The van der Waals surface area contributed by atoms with E-state index in [0.29, 0.717) is 19.6 Å². The van der Waals surface area contributed by atoms with Crippen molar-refractivity contribution >= 4 is 22.7 Å². The van der Waals surface area contributed by atoms with Crippen LogP contribution in [0.2, 0.25) is 0 Å². The van der Waals surface area contributed by atoms with Gasteiger partial charge in [-0.2, -0.15) is 0 Å². The van der Waals surface area contributed by atoms with Gasteiger partial charge in [-0.3, -0.25) is 9.59 Å². The SMILES string of the molecule is CCOc1ccc(CNC(=O)C(Cc2c[nH]c3ccccc23)NC(C)=O)cc1C. The van der Waals surface area contributed by atoms with Crippen LogP contribution in [0.15, 0.2) is 48.7 Å². The standard InChI is InChI=1S/C23H27N3O3/c1-4-29-22-10-9-17(11-15(22)2)13-25-23(28)21(26-16(3)27)12-18-14-24-20-8-6-5-7-19(18)20/h5-11,14,21,24H,4,12-13H2,1-3H3,(H,25,28)(H,26,27). The van der Waals surface area contributed by atoms with Crippen LogP contribution >= 0.6 is 0 Å². The van der Waals surface area contributed by atoms with Crippen molar-refractivity contribution in [3.63, 3.8) is 0 Å². The Bertz CT molecular complexity index is 1010. The van der Waals surface area contributed by atoms with E-state index in [0.717, 1.165) is 33.3 Å². The normalized spacial score (nSPS) is 11.8. The molecule has 0 aliphatic rings. The van der Waals surface area contributed by atoms with Crippen LogP contribution in [0.4, 0.5) is 0 Å². The molecular weight excluding hydrogens is 366 g/mol. The van der Waals surface area contributed by atoms with Crippen LogP contribution < -0.4 is 15.4 Å². The number of aromatic nitrogens is 1. The fourth-order valence-corrected chi connectivity index (χ4v) is 3.43. The van der Waals surface area contributed by atoms with Crippen LogP contribution in [-0.2, 0) is 22.6 Å². The number of hydrogen-bond acceptors (Lipinski definition) is 3. The summed E-state index contributed by atoms with van der Waals surface area (Å²) < 4.78 is 5.56. The highest BCUT2D eigenvalue weighted by molar-refractivity contribution is 5.89. The van der Waals surface area contributed by atoms with Crippen LogP contribution in [0.3, 0.4) is 0 Å². The lowest BCUT2D eigenvalue weighted by Crippen LogP contribution is -2.47. The number of carbonyl (C=O) groups is 2. The number of benzene rings is 2. The molecule has 0 aliphatic carbocycles. The summed E-state index contributed by atoms with van der Waals surface area (Å²) in [4.78, 5) is 27.7. The maximum absolute atomic E-state index is 12.8. The number of ether oxygens (including phenoxy) is 1. The van der Waals surface area contributed by atoms with Gasteiger partial charge in [0.05, 0.1) is 6.61 Å². The molecule has 2 amide bonds. The van der Waals surface area contributed by atoms with E-state index in [2.05, 4.69) is 15.6 Å². The smallest absolute Gasteiger partial charge is 0.243 e. The first-order valence-corrected chi connectivity index (χ1v) is 9.80. The summed E-state index contributed by atoms with van der Waals surface area (Å²) in [6.45, 7) is 6.35. The molecular formula is C23H27N3O3. The van der Waals surface area contributed by atoms with E-state index in [1.165, 1.54) is 6.92 Å². The Morgan fingerprint density at radius 2 is 1.97 bits per heavy atom. The van der Waals surface area contributed by atoms with Gasteiger partial charge in [-0.25, -0.2) is 0 Å². The third kappa shape index (κ3) is 5.16. The fourth-order valence-electron chi connectivity index (χ4n) is 3.43. The highest BCUT2D eigenvalue weighted by Gasteiger charge is 2.21. The van der Waals surface area contributed by atoms with E-state index in [4.69, 9.17) is 4.74 Å². The van der Waals surface area contributed by atoms with Crippen LogP contribution in [-0.4, -0.2) is 29.4 Å². The van der Waals surface area contributed by atoms with Crippen molar-refractivity contribution in [2.45, 2.75) is 39.8 Å². The predicted molar refractivity (Wildman–Crippen MR) is 114 cm³/mol. The summed E-state index contributed by atoms with van der Waals surface area (Å²) in [5.41, 5.74) is 4.00. The van der Waals surface area contributed by atoms with Gasteiger partial charge in [0.25, 0.3) is 0 Å². The van der Waals surface area contributed by atoms with Crippen molar-refractivity contribution in [2.75, 3.05) is 6.61 Å². The minimum absolute atomic E-state index is 0.211. The van der Waals surface area contributed by atoms with Gasteiger partial charge in [-0.1, -0.05) is 30.3 Å². The first kappa shape index (κ1) is 20.5. The van der Waals surface area contributed by atoms with Gasteiger partial charge in [-0.15, -0.1) is 0 Å². The van der Waals surface area contributed by atoms with E-state index in [9.17, 15) is 9.59 Å². The summed E-state index contributed by atoms with van der Waals surface area (Å²) >= 11 is 0. The molecule has 0 spiro atoms. The van der Waals surface area contributed by atoms with E-state index in [-0.39, 0.29) is 11.8 Å². The van der Waals surface area contributed by atoms with Crippen LogP contribution in [0.5, 0.6) is 5.75 Å². The molecule has 6 nitrogen and oxygen atoms in total. The predicted octanol–water partition coefficient (Wildman–Crippen LogP) is 3.24. The van der Waals surface area contributed by atoms with Gasteiger partial charge < -0.3 is 20.4 Å². The quantitative estimate of drug-likeness (QED) is 0.549. The van der Waals surface area contributed by atoms with Crippen molar-refractivity contribution in [1.29, 1.82) is 0 Å². The number of fused-ring (bicyclic) bond motifs is 1. The minimum Gasteiger partial charge on any atom is -0.494 e. The first-order valence-electron chi connectivity index (χ1n) is 9.80. The Labute approximate surface area is 170 Å². The highest BCUT2D eigenvalue weighted by atomic mass is 16.5. The lowest BCUT2D eigenvalue weighted by atomic mass is 10.0. The lowest BCUT2D eigenvalue weighted by Gasteiger charge is -2.18. The maximum atomic E-state index is 12.8. The molecule has 0 saturated heterocycles. The number of aryl methyl sites for hydroxylation is 1. The molecule has 152 valence electrons. The summed E-state index contributed by atoms with van der Waals surface area (Å²) in [6.07, 6.45) is 2.31. The number of rotatable bonds is 8. The van der Waals surface area contributed by atoms with Gasteiger partial charge in [0.15, 0.2) is 0 Å². The lowest BCUT2D eigenvalue weighted by molar-refractivity contribution is -0.128. The Morgan fingerprint density at radius 3 is 2.69 bits per heavy atom. The van der Waals surface area contributed by atoms with Crippen LogP contribution in [0.1, 0.15) is 30.5 Å². The highest BCUT2D eigenvalue weighted by Crippen LogP contribution is 2.20. The van der Waals surface area contributed by atoms with Gasteiger partial charge in [0.2, 0.25) is 11.8 Å². The fraction of sp³-hybridized carbons (Fsp3) is 0.304. The number of nitrogens with one attached hydrogen (secondary N) is 3. The average molecular weight is 393 g/mol. The molecule has 0 saturated carbocycles. The molecule has 6 heteroatoms. The summed E-state index contributed by atoms with van der Waals surface area (Å²) in [5.74, 6) is 0.400. The number of H-pyrrole nitrogens is 1. The van der Waals surface area contributed by atoms with Gasteiger partial charge in [0.1, 0.15) is 11.8 Å². The largest absolute Gasteiger partial charge is 0.494 e. The first-order chi connectivity index (χ1) is 14.0. The molecule has 0 bridgehead atoms. The minimum atomic E-state index is -0.643. The summed E-state index contributed by atoms with van der Waals surface area (Å²) in [6, 6.07) is 13.1. The van der Waals surface area contributed by atoms with Crippen molar-refractivity contribution in [2.24, 2.45) is 0 Å². The van der Waals surface area contributed by atoms with E-state index < -0.39 is 6.04 Å². The van der Waals surface area contributed by atoms with Crippen LogP contribution in [0, 0.1) is 6.92 Å². The van der Waals surface area contributed by atoms with Crippen molar-refractivity contribution < 1.29 is 14.3 Å². The molecule has 0 fully saturated rings. The molecule has 29 heavy (non-hydrogen) atoms. The summed E-state index contributed by atoms with van der Waals surface area (Å²) in [5, 5.41) is 6.76. The second-order valence-corrected chi connectivity index (χ2v) is 7.07. The molecule has 3 aromatic rings. The number of carbonyl (C=O) groups excluding carboxylic acids is 2. The molecule has 1 heterocycles. The molecule has 3 rings (SSSR count). The number of aromatic amines is 1. The second kappa shape index (κ2) is 9.28. The van der Waals surface area contributed by atoms with E-state index in [1.54, 1.807) is 0 Å². The Balaban J connectivity index is 1.69. The van der Waals surface area contributed by atoms with E-state index in [1.807, 2.05) is 62.5 Å². The van der Waals surface area contributed by atoms with Gasteiger partial charge >= 0.3 is 0 Å². The van der Waals surface area contributed by atoms with Gasteiger partial charge in [-0.05, 0) is 42.7 Å². The molecule has 1 unspecified atom stereocenters.